The fourth-order valence-corrected chi connectivity index (χ4v) is 2.24. The number of rotatable bonds is 2. The molecule has 1 fully saturated rings. The first-order valence-electron chi connectivity index (χ1n) is 5.32. The standard InChI is InChI=1S/C10H14IN3O2/c11-8-9(15)13-5-14-10(8)16-7-3-1-6(12)2-4-7/h5-7H,1-4,12H2,(H,13,14,15). The third-order valence-corrected chi connectivity index (χ3v) is 3.71. The van der Waals surface area contributed by atoms with Crippen molar-refractivity contribution in [2.24, 2.45) is 5.73 Å². The summed E-state index contributed by atoms with van der Waals surface area (Å²) >= 11 is 1.95. The number of H-pyrrole nitrogens is 1. The number of hydrogen-bond donors (Lipinski definition) is 2. The highest BCUT2D eigenvalue weighted by atomic mass is 127. The predicted octanol–water partition coefficient (Wildman–Crippen LogP) is 1.02. The quantitative estimate of drug-likeness (QED) is 0.791. The Morgan fingerprint density at radius 2 is 2.12 bits per heavy atom. The van der Waals surface area contributed by atoms with Crippen LogP contribution in [0.25, 0.3) is 0 Å². The minimum absolute atomic E-state index is 0.141. The molecule has 0 aromatic carbocycles. The van der Waals surface area contributed by atoms with Crippen LogP contribution < -0.4 is 16.0 Å². The average molecular weight is 335 g/mol. The summed E-state index contributed by atoms with van der Waals surface area (Å²) in [5.74, 6) is 0.435. The summed E-state index contributed by atoms with van der Waals surface area (Å²) in [7, 11) is 0. The third kappa shape index (κ3) is 2.73. The first-order valence-corrected chi connectivity index (χ1v) is 6.40. The van der Waals surface area contributed by atoms with Crippen LogP contribution in [0.3, 0.4) is 0 Å². The molecule has 2 rings (SSSR count). The molecule has 88 valence electrons. The molecule has 1 aromatic heterocycles. The summed E-state index contributed by atoms with van der Waals surface area (Å²) in [5, 5.41) is 0. The second-order valence-corrected chi connectivity index (χ2v) is 5.08. The number of nitrogens with zero attached hydrogens (tertiary/aromatic N) is 1. The molecule has 1 saturated carbocycles. The first-order chi connectivity index (χ1) is 7.66. The van der Waals surface area contributed by atoms with E-state index in [1.54, 1.807) is 0 Å². The van der Waals surface area contributed by atoms with Crippen LogP contribution >= 0.6 is 22.6 Å². The molecule has 5 nitrogen and oxygen atoms in total. The number of aromatic nitrogens is 2. The second-order valence-electron chi connectivity index (χ2n) is 4.01. The molecule has 0 saturated heterocycles. The SMILES string of the molecule is NC1CCC(Oc2nc[nH]c(=O)c2I)CC1. The molecule has 3 N–H and O–H groups in total. The maximum absolute atomic E-state index is 11.3. The molecule has 0 unspecified atom stereocenters. The van der Waals surface area contributed by atoms with E-state index in [1.165, 1.54) is 6.33 Å². The Bertz CT molecular complexity index is 413. The number of nitrogens with one attached hydrogen (secondary N) is 1. The summed E-state index contributed by atoms with van der Waals surface area (Å²) in [4.78, 5) is 17.9. The lowest BCUT2D eigenvalue weighted by molar-refractivity contribution is 0.139. The summed E-state index contributed by atoms with van der Waals surface area (Å²) in [6.45, 7) is 0. The van der Waals surface area contributed by atoms with E-state index in [-0.39, 0.29) is 11.7 Å². The first kappa shape index (κ1) is 11.8. The lowest BCUT2D eigenvalue weighted by Crippen LogP contribution is -2.32. The zero-order chi connectivity index (χ0) is 11.5. The number of ether oxygens (including phenoxy) is 1. The van der Waals surface area contributed by atoms with Gasteiger partial charge in [0.2, 0.25) is 5.88 Å². The molecule has 1 heterocycles. The molecule has 1 aliphatic rings. The highest BCUT2D eigenvalue weighted by molar-refractivity contribution is 14.1. The molecule has 0 bridgehead atoms. The van der Waals surface area contributed by atoms with Crippen molar-refractivity contribution in [2.75, 3.05) is 0 Å². The summed E-state index contributed by atoms with van der Waals surface area (Å²) in [6.07, 6.45) is 5.34. The number of hydrogen-bond acceptors (Lipinski definition) is 4. The van der Waals surface area contributed by atoms with E-state index in [9.17, 15) is 4.79 Å². The molecule has 0 spiro atoms. The van der Waals surface area contributed by atoms with Crippen molar-refractivity contribution in [1.82, 2.24) is 9.97 Å². The Kier molecular flexibility index (Phi) is 3.80. The third-order valence-electron chi connectivity index (χ3n) is 2.76. The molecule has 1 aliphatic carbocycles. The Labute approximate surface area is 107 Å². The van der Waals surface area contributed by atoms with Gasteiger partial charge in [-0.1, -0.05) is 0 Å². The van der Waals surface area contributed by atoms with E-state index in [0.717, 1.165) is 25.7 Å². The second kappa shape index (κ2) is 5.13. The minimum Gasteiger partial charge on any atom is -0.473 e. The van der Waals surface area contributed by atoms with Crippen LogP contribution in [0.15, 0.2) is 11.1 Å². The van der Waals surface area contributed by atoms with E-state index < -0.39 is 0 Å². The molecular weight excluding hydrogens is 321 g/mol. The molecular formula is C10H14IN3O2. The molecule has 0 amide bonds. The zero-order valence-electron chi connectivity index (χ0n) is 8.78. The fraction of sp³-hybridized carbons (Fsp3) is 0.600. The van der Waals surface area contributed by atoms with Gasteiger partial charge < -0.3 is 15.5 Å². The monoisotopic (exact) mass is 335 g/mol. The fourth-order valence-electron chi connectivity index (χ4n) is 1.81. The smallest absolute Gasteiger partial charge is 0.268 e. The van der Waals surface area contributed by atoms with Gasteiger partial charge in [-0.2, -0.15) is 0 Å². The van der Waals surface area contributed by atoms with Gasteiger partial charge in [0, 0.05) is 6.04 Å². The summed E-state index contributed by atoms with van der Waals surface area (Å²) in [6, 6.07) is 0.297. The Morgan fingerprint density at radius 1 is 1.44 bits per heavy atom. The van der Waals surface area contributed by atoms with E-state index in [2.05, 4.69) is 9.97 Å². The molecule has 1 aromatic rings. The van der Waals surface area contributed by atoms with Gasteiger partial charge in [-0.25, -0.2) is 4.98 Å². The van der Waals surface area contributed by atoms with Crippen molar-refractivity contribution < 1.29 is 4.74 Å². The van der Waals surface area contributed by atoms with Gasteiger partial charge in [0.15, 0.2) is 0 Å². The van der Waals surface area contributed by atoms with E-state index >= 15 is 0 Å². The molecule has 16 heavy (non-hydrogen) atoms. The van der Waals surface area contributed by atoms with Crippen LogP contribution in [0.5, 0.6) is 5.88 Å². The van der Waals surface area contributed by atoms with Gasteiger partial charge in [0.1, 0.15) is 9.67 Å². The van der Waals surface area contributed by atoms with Gasteiger partial charge in [0.25, 0.3) is 5.56 Å². The predicted molar refractivity (Wildman–Crippen MR) is 68.4 cm³/mol. The van der Waals surface area contributed by atoms with E-state index in [1.807, 2.05) is 22.6 Å². The molecule has 6 heteroatoms. The van der Waals surface area contributed by atoms with Crippen molar-refractivity contribution in [3.05, 3.63) is 20.3 Å². The normalized spacial score (nSPS) is 25.4. The highest BCUT2D eigenvalue weighted by Crippen LogP contribution is 2.23. The van der Waals surface area contributed by atoms with Crippen LogP contribution in [0, 0.1) is 3.57 Å². The molecule has 0 atom stereocenters. The number of nitrogens with two attached hydrogens (primary N) is 1. The lowest BCUT2D eigenvalue weighted by atomic mass is 9.94. The van der Waals surface area contributed by atoms with Crippen LogP contribution in [-0.2, 0) is 0 Å². The van der Waals surface area contributed by atoms with Crippen molar-refractivity contribution in [3.8, 4) is 5.88 Å². The van der Waals surface area contributed by atoms with Crippen LogP contribution in [0.2, 0.25) is 0 Å². The Hall–Kier alpha value is -0.630. The minimum atomic E-state index is -0.155. The van der Waals surface area contributed by atoms with Gasteiger partial charge in [0.05, 0.1) is 6.33 Å². The summed E-state index contributed by atoms with van der Waals surface area (Å²) in [5.41, 5.74) is 5.66. The van der Waals surface area contributed by atoms with Gasteiger partial charge in [-0.3, -0.25) is 4.79 Å². The zero-order valence-corrected chi connectivity index (χ0v) is 10.9. The maximum Gasteiger partial charge on any atom is 0.268 e. The number of halogens is 1. The maximum atomic E-state index is 11.3. The molecule has 0 radical (unpaired) electrons. The summed E-state index contributed by atoms with van der Waals surface area (Å²) < 4.78 is 6.23. The van der Waals surface area contributed by atoms with Gasteiger partial charge >= 0.3 is 0 Å². The number of aromatic amines is 1. The Balaban J connectivity index is 2.04. The van der Waals surface area contributed by atoms with Crippen molar-refractivity contribution in [3.63, 3.8) is 0 Å². The van der Waals surface area contributed by atoms with Gasteiger partial charge in [-0.05, 0) is 48.3 Å². The van der Waals surface area contributed by atoms with E-state index in [4.69, 9.17) is 10.5 Å². The van der Waals surface area contributed by atoms with Crippen molar-refractivity contribution in [1.29, 1.82) is 0 Å². The average Bonchev–Trinajstić information content (AvgIpc) is 2.28. The van der Waals surface area contributed by atoms with Crippen LogP contribution in [0.1, 0.15) is 25.7 Å². The van der Waals surface area contributed by atoms with Crippen LogP contribution in [0.4, 0.5) is 0 Å². The van der Waals surface area contributed by atoms with Crippen molar-refractivity contribution in [2.45, 2.75) is 37.8 Å². The topological polar surface area (TPSA) is 81.0 Å². The highest BCUT2D eigenvalue weighted by Gasteiger charge is 2.21. The van der Waals surface area contributed by atoms with Crippen LogP contribution in [-0.4, -0.2) is 22.1 Å². The lowest BCUT2D eigenvalue weighted by Gasteiger charge is -2.26. The largest absolute Gasteiger partial charge is 0.473 e. The molecule has 0 aliphatic heterocycles. The van der Waals surface area contributed by atoms with Gasteiger partial charge in [-0.15, -0.1) is 0 Å². The van der Waals surface area contributed by atoms with E-state index in [0.29, 0.717) is 15.5 Å². The Morgan fingerprint density at radius 3 is 2.81 bits per heavy atom. The van der Waals surface area contributed by atoms with Crippen molar-refractivity contribution >= 4 is 22.6 Å².